The lowest BCUT2D eigenvalue weighted by Crippen LogP contribution is -2.08. The molecule has 0 radical (unpaired) electrons. The Kier molecular flexibility index (Phi) is 4.87. The number of esters is 1. The van der Waals surface area contributed by atoms with Gasteiger partial charge in [0, 0.05) is 11.3 Å². The van der Waals surface area contributed by atoms with Gasteiger partial charge in [0.1, 0.15) is 0 Å². The Labute approximate surface area is 100 Å². The van der Waals surface area contributed by atoms with Crippen LogP contribution in [0.15, 0.2) is 23.1 Å². The number of rotatable bonds is 4. The van der Waals surface area contributed by atoms with Crippen LogP contribution in [0.25, 0.3) is 0 Å². The number of hydrogen-bond donors (Lipinski definition) is 1. The molecule has 0 aliphatic heterocycles. The van der Waals surface area contributed by atoms with E-state index in [0.717, 1.165) is 5.56 Å². The highest BCUT2D eigenvalue weighted by atomic mass is 32.1. The Balaban J connectivity index is 2.98. The zero-order valence-corrected chi connectivity index (χ0v) is 9.96. The maximum absolute atomic E-state index is 11.6. The molecule has 84 valence electrons. The third-order valence-electron chi connectivity index (χ3n) is 2.09. The first-order valence-electron chi connectivity index (χ1n) is 5.05. The summed E-state index contributed by atoms with van der Waals surface area (Å²) in [5, 5.41) is 8.53. The maximum atomic E-state index is 11.6. The molecule has 0 spiro atoms. The van der Waals surface area contributed by atoms with Crippen LogP contribution in [0.5, 0.6) is 0 Å². The molecule has 3 nitrogen and oxygen atoms in total. The fourth-order valence-electron chi connectivity index (χ4n) is 1.37. The summed E-state index contributed by atoms with van der Waals surface area (Å²) >= 11 is 4.18. The van der Waals surface area contributed by atoms with Crippen molar-refractivity contribution in [1.82, 2.24) is 0 Å². The zero-order chi connectivity index (χ0) is 12.0. The lowest BCUT2D eigenvalue weighted by Gasteiger charge is -2.08. The second-order valence-corrected chi connectivity index (χ2v) is 3.74. The van der Waals surface area contributed by atoms with E-state index in [-0.39, 0.29) is 5.97 Å². The van der Waals surface area contributed by atoms with E-state index in [4.69, 9.17) is 10.00 Å². The number of nitriles is 1. The molecular formula is C12H13NO2S. The maximum Gasteiger partial charge on any atom is 0.338 e. The minimum Gasteiger partial charge on any atom is -0.462 e. The summed E-state index contributed by atoms with van der Waals surface area (Å²) < 4.78 is 4.95. The zero-order valence-electron chi connectivity index (χ0n) is 9.06. The van der Waals surface area contributed by atoms with Crippen molar-refractivity contribution < 1.29 is 9.53 Å². The number of hydrogen-bond acceptors (Lipinski definition) is 4. The quantitative estimate of drug-likeness (QED) is 0.644. The van der Waals surface area contributed by atoms with E-state index in [9.17, 15) is 4.79 Å². The van der Waals surface area contributed by atoms with Crippen molar-refractivity contribution in [3.63, 3.8) is 0 Å². The lowest BCUT2D eigenvalue weighted by atomic mass is 10.0. The van der Waals surface area contributed by atoms with Gasteiger partial charge in [-0.25, -0.2) is 4.79 Å². The molecule has 0 saturated heterocycles. The van der Waals surface area contributed by atoms with E-state index in [1.54, 1.807) is 19.1 Å². The summed E-state index contributed by atoms with van der Waals surface area (Å²) in [5.41, 5.74) is 1.34. The van der Waals surface area contributed by atoms with Crippen molar-refractivity contribution in [2.24, 2.45) is 0 Å². The Bertz CT molecular complexity index is 424. The van der Waals surface area contributed by atoms with Crippen LogP contribution in [0.2, 0.25) is 0 Å². The van der Waals surface area contributed by atoms with Gasteiger partial charge in [0.05, 0.1) is 18.2 Å². The summed E-state index contributed by atoms with van der Waals surface area (Å²) in [7, 11) is 0. The Morgan fingerprint density at radius 1 is 1.56 bits per heavy atom. The van der Waals surface area contributed by atoms with Gasteiger partial charge in [0.25, 0.3) is 0 Å². The van der Waals surface area contributed by atoms with Crippen molar-refractivity contribution in [1.29, 1.82) is 5.26 Å². The predicted molar refractivity (Wildman–Crippen MR) is 63.6 cm³/mol. The number of thiol groups is 1. The van der Waals surface area contributed by atoms with Gasteiger partial charge < -0.3 is 4.74 Å². The van der Waals surface area contributed by atoms with Gasteiger partial charge in [0.2, 0.25) is 0 Å². The Morgan fingerprint density at radius 2 is 2.31 bits per heavy atom. The van der Waals surface area contributed by atoms with E-state index < -0.39 is 0 Å². The fourth-order valence-corrected chi connectivity index (χ4v) is 1.58. The van der Waals surface area contributed by atoms with Crippen molar-refractivity contribution in [2.75, 3.05) is 6.61 Å². The van der Waals surface area contributed by atoms with Crippen molar-refractivity contribution in [3.8, 4) is 6.07 Å². The number of carbonyl (C=O) groups is 1. The predicted octanol–water partition coefficient (Wildman–Crippen LogP) is 2.61. The highest BCUT2D eigenvalue weighted by molar-refractivity contribution is 7.80. The Morgan fingerprint density at radius 3 is 2.94 bits per heavy atom. The summed E-state index contributed by atoms with van der Waals surface area (Å²) in [4.78, 5) is 12.4. The van der Waals surface area contributed by atoms with E-state index >= 15 is 0 Å². The number of nitrogens with zero attached hydrogens (tertiary/aromatic N) is 1. The SMILES string of the molecule is CCOC(=O)c1cc(S)ccc1CCC#N. The highest BCUT2D eigenvalue weighted by Gasteiger charge is 2.12. The van der Waals surface area contributed by atoms with Crippen LogP contribution in [0.4, 0.5) is 0 Å². The third-order valence-corrected chi connectivity index (χ3v) is 2.37. The standard InChI is InChI=1S/C12H13NO2S/c1-2-15-12(14)11-8-10(16)6-5-9(11)4-3-7-13/h5-6,8,16H,2-4H2,1H3. The average molecular weight is 235 g/mol. The minimum atomic E-state index is -0.355. The number of carbonyl (C=O) groups excluding carboxylic acids is 1. The molecule has 1 aromatic carbocycles. The summed E-state index contributed by atoms with van der Waals surface area (Å²) in [6, 6.07) is 7.35. The van der Waals surface area contributed by atoms with E-state index in [1.807, 2.05) is 6.07 Å². The first-order valence-corrected chi connectivity index (χ1v) is 5.49. The number of benzene rings is 1. The molecule has 0 amide bonds. The largest absolute Gasteiger partial charge is 0.462 e. The highest BCUT2D eigenvalue weighted by Crippen LogP contribution is 2.17. The first-order chi connectivity index (χ1) is 7.69. The summed E-state index contributed by atoms with van der Waals surface area (Å²) in [6.45, 7) is 2.10. The van der Waals surface area contributed by atoms with Crippen LogP contribution in [0.1, 0.15) is 29.3 Å². The second kappa shape index (κ2) is 6.19. The normalized spacial score (nSPS) is 9.56. The molecule has 0 heterocycles. The smallest absolute Gasteiger partial charge is 0.338 e. The topological polar surface area (TPSA) is 50.1 Å². The van der Waals surface area contributed by atoms with Crippen LogP contribution in [0, 0.1) is 11.3 Å². The van der Waals surface area contributed by atoms with Gasteiger partial charge in [-0.1, -0.05) is 6.07 Å². The monoisotopic (exact) mass is 235 g/mol. The molecule has 16 heavy (non-hydrogen) atoms. The first kappa shape index (κ1) is 12.6. The fraction of sp³-hybridized carbons (Fsp3) is 0.333. The number of ether oxygens (including phenoxy) is 1. The van der Waals surface area contributed by atoms with Crippen molar-refractivity contribution >= 4 is 18.6 Å². The number of aryl methyl sites for hydroxylation is 1. The van der Waals surface area contributed by atoms with Crippen LogP contribution >= 0.6 is 12.6 Å². The van der Waals surface area contributed by atoms with Gasteiger partial charge in [0.15, 0.2) is 0 Å². The van der Waals surface area contributed by atoms with Crippen LogP contribution < -0.4 is 0 Å². The molecule has 0 aliphatic rings. The van der Waals surface area contributed by atoms with E-state index in [1.165, 1.54) is 0 Å². The van der Waals surface area contributed by atoms with Crippen LogP contribution in [-0.4, -0.2) is 12.6 Å². The molecule has 0 aromatic heterocycles. The van der Waals surface area contributed by atoms with Gasteiger partial charge in [-0.15, -0.1) is 12.6 Å². The Hall–Kier alpha value is -1.47. The molecule has 0 N–H and O–H groups in total. The molecule has 0 bridgehead atoms. The minimum absolute atomic E-state index is 0.341. The molecule has 1 aromatic rings. The van der Waals surface area contributed by atoms with Crippen LogP contribution in [0.3, 0.4) is 0 Å². The summed E-state index contributed by atoms with van der Waals surface area (Å²) in [5.74, 6) is -0.355. The molecular weight excluding hydrogens is 222 g/mol. The average Bonchev–Trinajstić information content (AvgIpc) is 2.27. The van der Waals surface area contributed by atoms with Crippen molar-refractivity contribution in [3.05, 3.63) is 29.3 Å². The van der Waals surface area contributed by atoms with Gasteiger partial charge in [-0.3, -0.25) is 0 Å². The molecule has 0 aliphatic carbocycles. The molecule has 1 rings (SSSR count). The molecule has 0 saturated carbocycles. The second-order valence-electron chi connectivity index (χ2n) is 3.22. The van der Waals surface area contributed by atoms with E-state index in [2.05, 4.69) is 18.7 Å². The van der Waals surface area contributed by atoms with E-state index in [0.29, 0.717) is 29.9 Å². The third kappa shape index (κ3) is 3.28. The molecule has 0 unspecified atom stereocenters. The molecule has 0 fully saturated rings. The summed E-state index contributed by atoms with van der Waals surface area (Å²) in [6.07, 6.45) is 0.941. The van der Waals surface area contributed by atoms with Gasteiger partial charge in [-0.05, 0) is 31.0 Å². The lowest BCUT2D eigenvalue weighted by molar-refractivity contribution is 0.0525. The molecule has 0 atom stereocenters. The van der Waals surface area contributed by atoms with Gasteiger partial charge in [-0.2, -0.15) is 5.26 Å². The van der Waals surface area contributed by atoms with Crippen molar-refractivity contribution in [2.45, 2.75) is 24.7 Å². The van der Waals surface area contributed by atoms with Crippen LogP contribution in [-0.2, 0) is 11.2 Å². The molecule has 4 heteroatoms. The van der Waals surface area contributed by atoms with Gasteiger partial charge >= 0.3 is 5.97 Å².